The van der Waals surface area contributed by atoms with Gasteiger partial charge < -0.3 is 15.6 Å². The maximum absolute atomic E-state index is 11.7. The summed E-state index contributed by atoms with van der Waals surface area (Å²) in [7, 11) is 0. The summed E-state index contributed by atoms with van der Waals surface area (Å²) in [5, 5.41) is 5.24. The first-order valence-corrected chi connectivity index (χ1v) is 7.22. The minimum atomic E-state index is -0.364. The van der Waals surface area contributed by atoms with Crippen LogP contribution in [0.1, 0.15) is 19.8 Å². The summed E-state index contributed by atoms with van der Waals surface area (Å²) in [6.45, 7) is 2.30. The van der Waals surface area contributed by atoms with Crippen molar-refractivity contribution < 1.29 is 9.59 Å². The van der Waals surface area contributed by atoms with Crippen molar-refractivity contribution >= 4 is 33.4 Å². The van der Waals surface area contributed by atoms with Crippen molar-refractivity contribution in [3.63, 3.8) is 0 Å². The van der Waals surface area contributed by atoms with Gasteiger partial charge in [0.1, 0.15) is 5.69 Å². The van der Waals surface area contributed by atoms with Crippen molar-refractivity contribution in [2.24, 2.45) is 11.8 Å². The molecule has 0 aromatic carbocycles. The fraction of sp³-hybridized carbons (Fsp3) is 0.462. The molecule has 1 aliphatic rings. The molecule has 1 aromatic rings. The zero-order valence-electron chi connectivity index (χ0n) is 11.0. The first kappa shape index (κ1) is 14.8. The maximum atomic E-state index is 11.7. The Labute approximate surface area is 124 Å². The van der Waals surface area contributed by atoms with Gasteiger partial charge in [0.15, 0.2) is 0 Å². The Morgan fingerprint density at radius 1 is 1.50 bits per heavy atom. The highest BCUT2D eigenvalue weighted by Crippen LogP contribution is 2.37. The van der Waals surface area contributed by atoms with E-state index in [9.17, 15) is 14.4 Å². The fourth-order valence-corrected chi connectivity index (χ4v) is 2.22. The molecule has 0 spiro atoms. The molecule has 0 bridgehead atoms. The van der Waals surface area contributed by atoms with E-state index in [1.165, 1.54) is 12.3 Å². The van der Waals surface area contributed by atoms with Crippen molar-refractivity contribution in [2.45, 2.75) is 19.8 Å². The van der Waals surface area contributed by atoms with Gasteiger partial charge in [0.2, 0.25) is 11.8 Å². The SMILES string of the molecule is CC1CC1C(=O)NCCC(=O)Nc1cc(Br)c[nH]c1=O. The summed E-state index contributed by atoms with van der Waals surface area (Å²) in [6, 6.07) is 1.53. The molecule has 2 amide bonds. The first-order valence-electron chi connectivity index (χ1n) is 6.43. The highest BCUT2D eigenvalue weighted by Gasteiger charge is 2.38. The van der Waals surface area contributed by atoms with Crippen molar-refractivity contribution in [1.29, 1.82) is 0 Å². The molecule has 0 radical (unpaired) electrons. The van der Waals surface area contributed by atoms with Gasteiger partial charge in [-0.1, -0.05) is 6.92 Å². The van der Waals surface area contributed by atoms with Gasteiger partial charge in [0.05, 0.1) is 0 Å². The second-order valence-electron chi connectivity index (χ2n) is 4.97. The lowest BCUT2D eigenvalue weighted by Gasteiger charge is -2.06. The zero-order valence-corrected chi connectivity index (χ0v) is 12.6. The minimum Gasteiger partial charge on any atom is -0.355 e. The van der Waals surface area contributed by atoms with Gasteiger partial charge in [0, 0.05) is 29.6 Å². The molecule has 7 heteroatoms. The van der Waals surface area contributed by atoms with Crippen LogP contribution in [0.4, 0.5) is 5.69 Å². The van der Waals surface area contributed by atoms with E-state index in [0.29, 0.717) is 10.4 Å². The summed E-state index contributed by atoms with van der Waals surface area (Å²) >= 11 is 3.21. The molecule has 20 heavy (non-hydrogen) atoms. The number of hydrogen-bond acceptors (Lipinski definition) is 3. The molecule has 6 nitrogen and oxygen atoms in total. The number of H-pyrrole nitrogens is 1. The van der Waals surface area contributed by atoms with Gasteiger partial charge >= 0.3 is 0 Å². The van der Waals surface area contributed by atoms with E-state index in [1.807, 2.05) is 6.92 Å². The van der Waals surface area contributed by atoms with E-state index < -0.39 is 0 Å². The third kappa shape index (κ3) is 3.93. The second kappa shape index (κ2) is 6.21. The van der Waals surface area contributed by atoms with Crippen LogP contribution in [0.2, 0.25) is 0 Å². The van der Waals surface area contributed by atoms with Gasteiger partial charge in [-0.2, -0.15) is 0 Å². The molecular weight excluding hydrogens is 326 g/mol. The Morgan fingerprint density at radius 2 is 2.20 bits per heavy atom. The molecule has 108 valence electrons. The molecule has 1 aromatic heterocycles. The number of pyridine rings is 1. The summed E-state index contributed by atoms with van der Waals surface area (Å²) in [4.78, 5) is 37.2. The van der Waals surface area contributed by atoms with Crippen LogP contribution in [-0.4, -0.2) is 23.3 Å². The lowest BCUT2D eigenvalue weighted by Crippen LogP contribution is -2.29. The van der Waals surface area contributed by atoms with Gasteiger partial charge in [0.25, 0.3) is 5.56 Å². The Bertz CT molecular complexity index is 584. The van der Waals surface area contributed by atoms with Gasteiger partial charge in [-0.25, -0.2) is 0 Å². The van der Waals surface area contributed by atoms with Crippen LogP contribution in [0.3, 0.4) is 0 Å². The molecular formula is C13H16BrN3O3. The van der Waals surface area contributed by atoms with Crippen LogP contribution in [0.5, 0.6) is 0 Å². The largest absolute Gasteiger partial charge is 0.355 e. The highest BCUT2D eigenvalue weighted by molar-refractivity contribution is 9.10. The standard InChI is InChI=1S/C13H16BrN3O3/c1-7-4-9(7)12(19)15-3-2-11(18)17-10-5-8(14)6-16-13(10)20/h5-7,9H,2-4H2,1H3,(H,15,19)(H,16,20)(H,17,18). The number of aromatic amines is 1. The molecule has 0 aliphatic heterocycles. The average molecular weight is 342 g/mol. The average Bonchev–Trinajstić information content (AvgIpc) is 3.11. The quantitative estimate of drug-likeness (QED) is 0.752. The van der Waals surface area contributed by atoms with Crippen molar-refractivity contribution in [3.8, 4) is 0 Å². The topological polar surface area (TPSA) is 91.1 Å². The Hall–Kier alpha value is -1.63. The second-order valence-corrected chi connectivity index (χ2v) is 5.89. The number of nitrogens with one attached hydrogen (secondary N) is 3. The van der Waals surface area contributed by atoms with Crippen LogP contribution in [0, 0.1) is 11.8 Å². The Morgan fingerprint density at radius 3 is 2.85 bits per heavy atom. The van der Waals surface area contributed by atoms with E-state index in [2.05, 4.69) is 31.5 Å². The van der Waals surface area contributed by atoms with Gasteiger partial charge in [-0.05, 0) is 34.3 Å². The molecule has 2 atom stereocenters. The first-order chi connectivity index (χ1) is 9.47. The predicted octanol–water partition coefficient (Wildman–Crippen LogP) is 1.24. The molecule has 1 saturated carbocycles. The minimum absolute atomic E-state index is 0.00519. The van der Waals surface area contributed by atoms with Gasteiger partial charge in [-0.15, -0.1) is 0 Å². The predicted molar refractivity (Wildman–Crippen MR) is 78.3 cm³/mol. The monoisotopic (exact) mass is 341 g/mol. The Balaban J connectivity index is 1.76. The summed E-state index contributed by atoms with van der Waals surface area (Å²) < 4.78 is 0.670. The molecule has 2 rings (SSSR count). The third-order valence-electron chi connectivity index (χ3n) is 3.24. The van der Waals surface area contributed by atoms with Crippen LogP contribution >= 0.6 is 15.9 Å². The molecule has 3 N–H and O–H groups in total. The lowest BCUT2D eigenvalue weighted by atomic mass is 10.3. The third-order valence-corrected chi connectivity index (χ3v) is 3.70. The smallest absolute Gasteiger partial charge is 0.271 e. The van der Waals surface area contributed by atoms with Gasteiger partial charge in [-0.3, -0.25) is 14.4 Å². The number of anilines is 1. The van der Waals surface area contributed by atoms with Crippen molar-refractivity contribution in [3.05, 3.63) is 27.1 Å². The van der Waals surface area contributed by atoms with Crippen LogP contribution in [-0.2, 0) is 9.59 Å². The van der Waals surface area contributed by atoms with Crippen LogP contribution in [0.25, 0.3) is 0 Å². The van der Waals surface area contributed by atoms with E-state index in [4.69, 9.17) is 0 Å². The molecule has 1 aliphatic carbocycles. The van der Waals surface area contributed by atoms with E-state index in [-0.39, 0.29) is 41.9 Å². The zero-order chi connectivity index (χ0) is 14.7. The van der Waals surface area contributed by atoms with E-state index >= 15 is 0 Å². The normalized spacial score (nSPS) is 20.3. The number of aromatic nitrogens is 1. The van der Waals surface area contributed by atoms with E-state index in [1.54, 1.807) is 0 Å². The van der Waals surface area contributed by atoms with Crippen LogP contribution < -0.4 is 16.2 Å². The maximum Gasteiger partial charge on any atom is 0.271 e. The summed E-state index contributed by atoms with van der Waals surface area (Å²) in [6.07, 6.45) is 2.55. The summed E-state index contributed by atoms with van der Waals surface area (Å²) in [5.41, 5.74) is -0.177. The lowest BCUT2D eigenvalue weighted by molar-refractivity contribution is -0.122. The van der Waals surface area contributed by atoms with Crippen molar-refractivity contribution in [2.75, 3.05) is 11.9 Å². The number of amides is 2. The number of carbonyl (C=O) groups is 2. The molecule has 2 unspecified atom stereocenters. The number of hydrogen-bond donors (Lipinski definition) is 3. The number of rotatable bonds is 5. The molecule has 1 fully saturated rings. The molecule has 0 saturated heterocycles. The number of halogens is 1. The Kier molecular flexibility index (Phi) is 4.59. The molecule has 1 heterocycles. The summed E-state index contributed by atoms with van der Waals surface area (Å²) in [5.74, 6) is 0.249. The highest BCUT2D eigenvalue weighted by atomic mass is 79.9. The number of carbonyl (C=O) groups excluding carboxylic acids is 2. The van der Waals surface area contributed by atoms with Crippen LogP contribution in [0.15, 0.2) is 21.5 Å². The van der Waals surface area contributed by atoms with Crippen molar-refractivity contribution in [1.82, 2.24) is 10.3 Å². The fourth-order valence-electron chi connectivity index (χ4n) is 1.88. The van der Waals surface area contributed by atoms with E-state index in [0.717, 1.165) is 6.42 Å².